The van der Waals surface area contributed by atoms with Crippen molar-refractivity contribution in [1.29, 1.82) is 0 Å². The Balaban J connectivity index is 1.41. The number of methoxy groups -OCH3 is 1. The summed E-state index contributed by atoms with van der Waals surface area (Å²) in [5, 5.41) is 3.04. The number of nitrogens with zero attached hydrogens (tertiary/aromatic N) is 2. The number of pyridine rings is 1. The summed E-state index contributed by atoms with van der Waals surface area (Å²) in [6.45, 7) is 0.646. The number of benzene rings is 1. The number of carbonyl (C=O) groups excluding carboxylic acids is 1. The molecule has 4 rings (SSSR count). The lowest BCUT2D eigenvalue weighted by atomic mass is 9.94. The van der Waals surface area contributed by atoms with Gasteiger partial charge >= 0.3 is 0 Å². The van der Waals surface area contributed by atoms with Crippen molar-refractivity contribution in [3.63, 3.8) is 0 Å². The molecule has 7 nitrogen and oxygen atoms in total. The highest BCUT2D eigenvalue weighted by molar-refractivity contribution is 7.89. The zero-order valence-corrected chi connectivity index (χ0v) is 16.8. The quantitative estimate of drug-likeness (QED) is 0.803. The van der Waals surface area contributed by atoms with Gasteiger partial charge in [-0.25, -0.2) is 12.8 Å². The summed E-state index contributed by atoms with van der Waals surface area (Å²) in [7, 11) is -2.50. The molecule has 0 bridgehead atoms. The molecular formula is C20H22FN3O4S. The Labute approximate surface area is 168 Å². The zero-order valence-electron chi connectivity index (χ0n) is 16.0. The first-order valence-electron chi connectivity index (χ1n) is 9.40. The van der Waals surface area contributed by atoms with Gasteiger partial charge in [-0.15, -0.1) is 0 Å². The molecule has 2 aliphatic rings. The van der Waals surface area contributed by atoms with Crippen LogP contribution in [-0.2, 0) is 10.0 Å². The van der Waals surface area contributed by atoms with E-state index in [9.17, 15) is 17.6 Å². The van der Waals surface area contributed by atoms with E-state index < -0.39 is 15.8 Å². The van der Waals surface area contributed by atoms with Crippen LogP contribution in [0.25, 0.3) is 0 Å². The molecule has 0 radical (unpaired) electrons. The first-order chi connectivity index (χ1) is 13.9. The van der Waals surface area contributed by atoms with Crippen LogP contribution < -0.4 is 10.1 Å². The first kappa shape index (κ1) is 19.8. The number of piperidine rings is 1. The van der Waals surface area contributed by atoms with Crippen molar-refractivity contribution < 1.29 is 22.3 Å². The van der Waals surface area contributed by atoms with Crippen molar-refractivity contribution in [3.8, 4) is 5.75 Å². The predicted octanol–water partition coefficient (Wildman–Crippen LogP) is 2.20. The third kappa shape index (κ3) is 3.72. The minimum absolute atomic E-state index is 0.0386. The van der Waals surface area contributed by atoms with Crippen LogP contribution in [-0.4, -0.2) is 49.9 Å². The van der Waals surface area contributed by atoms with E-state index >= 15 is 0 Å². The van der Waals surface area contributed by atoms with Gasteiger partial charge in [0, 0.05) is 37.1 Å². The first-order valence-corrected chi connectivity index (χ1v) is 10.8. The van der Waals surface area contributed by atoms with E-state index in [1.165, 1.54) is 23.5 Å². The van der Waals surface area contributed by atoms with Crippen LogP contribution in [0.3, 0.4) is 0 Å². The average Bonchev–Trinajstić information content (AvgIpc) is 3.39. The highest BCUT2D eigenvalue weighted by Crippen LogP contribution is 2.54. The summed E-state index contributed by atoms with van der Waals surface area (Å²) in [6.07, 6.45) is 5.26. The Morgan fingerprint density at radius 1 is 1.24 bits per heavy atom. The summed E-state index contributed by atoms with van der Waals surface area (Å²) < 4.78 is 46.1. The molecule has 1 aliphatic carbocycles. The van der Waals surface area contributed by atoms with Crippen LogP contribution in [0.5, 0.6) is 5.75 Å². The van der Waals surface area contributed by atoms with Gasteiger partial charge in [-0.1, -0.05) is 0 Å². The lowest BCUT2D eigenvalue weighted by Crippen LogP contribution is -2.41. The molecule has 1 aromatic carbocycles. The summed E-state index contributed by atoms with van der Waals surface area (Å²) >= 11 is 0. The molecule has 2 fully saturated rings. The Morgan fingerprint density at radius 3 is 2.59 bits per heavy atom. The Morgan fingerprint density at radius 2 is 1.93 bits per heavy atom. The number of nitrogens with one attached hydrogen (secondary N) is 1. The Kier molecular flexibility index (Phi) is 5.04. The molecule has 9 heteroatoms. The molecule has 154 valence electrons. The monoisotopic (exact) mass is 419 g/mol. The van der Waals surface area contributed by atoms with Crippen LogP contribution in [0.15, 0.2) is 47.6 Å². The lowest BCUT2D eigenvalue weighted by Gasteiger charge is -2.32. The van der Waals surface area contributed by atoms with Crippen molar-refractivity contribution in [2.45, 2.75) is 30.2 Å². The Hall–Kier alpha value is -2.52. The van der Waals surface area contributed by atoms with Crippen LogP contribution in [0.1, 0.15) is 29.6 Å². The summed E-state index contributed by atoms with van der Waals surface area (Å²) in [4.78, 5) is 16.1. The number of hydrogen-bond donors (Lipinski definition) is 1. The molecule has 1 aromatic heterocycles. The second kappa shape index (κ2) is 7.38. The van der Waals surface area contributed by atoms with Gasteiger partial charge in [0.25, 0.3) is 5.91 Å². The van der Waals surface area contributed by atoms with Gasteiger partial charge in [-0.05, 0) is 55.0 Å². The summed E-state index contributed by atoms with van der Waals surface area (Å²) in [5.41, 5.74) is 0.487. The summed E-state index contributed by atoms with van der Waals surface area (Å²) in [6, 6.07) is 6.84. The molecule has 1 aliphatic heterocycles. The molecule has 29 heavy (non-hydrogen) atoms. The topological polar surface area (TPSA) is 88.6 Å². The standard InChI is InChI=1S/C20H22FN3O4S/c1-28-16-3-2-15(21)12-17(16)29(26,27)24-10-6-20(7-11-24)13-18(20)23-19(25)14-4-8-22-9-5-14/h2-5,8-9,12,18H,6-7,10-11,13H2,1H3,(H,23,25). The second-order valence-corrected chi connectivity index (χ2v) is 9.43. The number of aromatic nitrogens is 1. The van der Waals surface area contributed by atoms with Crippen molar-refractivity contribution in [2.75, 3.05) is 20.2 Å². The van der Waals surface area contributed by atoms with E-state index in [0.717, 1.165) is 12.5 Å². The van der Waals surface area contributed by atoms with E-state index in [0.29, 0.717) is 31.5 Å². The molecule has 1 unspecified atom stereocenters. The maximum Gasteiger partial charge on any atom is 0.251 e. The molecule has 1 amide bonds. The highest BCUT2D eigenvalue weighted by Gasteiger charge is 2.56. The fraction of sp³-hybridized carbons (Fsp3) is 0.400. The predicted molar refractivity (Wildman–Crippen MR) is 103 cm³/mol. The van der Waals surface area contributed by atoms with Crippen molar-refractivity contribution in [1.82, 2.24) is 14.6 Å². The zero-order chi connectivity index (χ0) is 20.6. The van der Waals surface area contributed by atoms with Crippen LogP contribution in [0.2, 0.25) is 0 Å². The molecule has 2 heterocycles. The molecule has 1 atom stereocenters. The van der Waals surface area contributed by atoms with E-state index in [-0.39, 0.29) is 28.0 Å². The van der Waals surface area contributed by atoms with Gasteiger partial charge in [0.15, 0.2) is 0 Å². The SMILES string of the molecule is COc1ccc(F)cc1S(=O)(=O)N1CCC2(CC1)CC2NC(=O)c1ccncc1. The van der Waals surface area contributed by atoms with E-state index in [4.69, 9.17) is 4.74 Å². The van der Waals surface area contributed by atoms with Gasteiger partial charge in [0.1, 0.15) is 16.5 Å². The number of carbonyl (C=O) groups is 1. The van der Waals surface area contributed by atoms with Gasteiger partial charge in [0.2, 0.25) is 10.0 Å². The lowest BCUT2D eigenvalue weighted by molar-refractivity contribution is 0.0940. The average molecular weight is 419 g/mol. The van der Waals surface area contributed by atoms with Crippen molar-refractivity contribution >= 4 is 15.9 Å². The number of sulfonamides is 1. The highest BCUT2D eigenvalue weighted by atomic mass is 32.2. The normalized spacial score (nSPS) is 21.0. The third-order valence-electron chi connectivity index (χ3n) is 5.90. The van der Waals surface area contributed by atoms with Crippen molar-refractivity contribution in [2.24, 2.45) is 5.41 Å². The van der Waals surface area contributed by atoms with Gasteiger partial charge in [-0.2, -0.15) is 4.31 Å². The maximum absolute atomic E-state index is 13.6. The molecule has 1 N–H and O–H groups in total. The number of amides is 1. The van der Waals surface area contributed by atoms with Crippen molar-refractivity contribution in [3.05, 3.63) is 54.1 Å². The van der Waals surface area contributed by atoms with Gasteiger partial charge in [-0.3, -0.25) is 9.78 Å². The third-order valence-corrected chi connectivity index (χ3v) is 7.82. The fourth-order valence-electron chi connectivity index (χ4n) is 4.01. The van der Waals surface area contributed by atoms with Crippen LogP contribution in [0, 0.1) is 11.2 Å². The number of hydrogen-bond acceptors (Lipinski definition) is 5. The molecular weight excluding hydrogens is 397 g/mol. The maximum atomic E-state index is 13.6. The minimum Gasteiger partial charge on any atom is -0.495 e. The summed E-state index contributed by atoms with van der Waals surface area (Å²) in [5.74, 6) is -0.645. The number of halogens is 1. The van der Waals surface area contributed by atoms with E-state index in [1.807, 2.05) is 0 Å². The minimum atomic E-state index is -3.86. The molecule has 2 aromatic rings. The van der Waals surface area contributed by atoms with Gasteiger partial charge in [0.05, 0.1) is 7.11 Å². The Bertz CT molecular complexity index is 1020. The number of rotatable bonds is 5. The molecule has 1 saturated carbocycles. The largest absolute Gasteiger partial charge is 0.495 e. The van der Waals surface area contributed by atoms with Crippen LogP contribution >= 0.6 is 0 Å². The van der Waals surface area contributed by atoms with Crippen LogP contribution in [0.4, 0.5) is 4.39 Å². The smallest absolute Gasteiger partial charge is 0.251 e. The second-order valence-electron chi connectivity index (χ2n) is 7.53. The molecule has 1 spiro atoms. The van der Waals surface area contributed by atoms with E-state index in [1.54, 1.807) is 24.5 Å². The number of ether oxygens (including phenoxy) is 1. The van der Waals surface area contributed by atoms with Gasteiger partial charge < -0.3 is 10.1 Å². The van der Waals surface area contributed by atoms with E-state index in [2.05, 4.69) is 10.3 Å². The fourth-order valence-corrected chi connectivity index (χ4v) is 5.62. The molecule has 1 saturated heterocycles.